The topological polar surface area (TPSA) is 80.3 Å². The van der Waals surface area contributed by atoms with Crippen LogP contribution in [0.4, 0.5) is 5.69 Å². The van der Waals surface area contributed by atoms with Gasteiger partial charge in [0.25, 0.3) is 0 Å². The van der Waals surface area contributed by atoms with Gasteiger partial charge in [0.15, 0.2) is 17.3 Å². The van der Waals surface area contributed by atoms with Crippen LogP contribution in [0.25, 0.3) is 0 Å². The Labute approximate surface area is 151 Å². The molecule has 0 saturated heterocycles. The van der Waals surface area contributed by atoms with Crippen LogP contribution in [0.2, 0.25) is 0 Å². The van der Waals surface area contributed by atoms with Gasteiger partial charge in [0.2, 0.25) is 5.91 Å². The molecule has 25 heavy (non-hydrogen) atoms. The van der Waals surface area contributed by atoms with E-state index in [1.807, 2.05) is 0 Å². The van der Waals surface area contributed by atoms with Gasteiger partial charge in [-0.05, 0) is 18.2 Å². The summed E-state index contributed by atoms with van der Waals surface area (Å²) in [6.07, 6.45) is 1.07. The van der Waals surface area contributed by atoms with E-state index in [4.69, 9.17) is 0 Å². The first kappa shape index (κ1) is 17.0. The Bertz CT molecular complexity index is 975. The Hall–Kier alpha value is -2.86. The van der Waals surface area contributed by atoms with Crippen LogP contribution in [0.3, 0.4) is 0 Å². The van der Waals surface area contributed by atoms with Crippen LogP contribution in [0.5, 0.6) is 0 Å². The van der Waals surface area contributed by atoms with Crippen molar-refractivity contribution in [3.8, 4) is 0 Å². The minimum Gasteiger partial charge on any atom is -0.326 e. The molecule has 0 fully saturated rings. The standard InChI is InChI=1S/C19H12BrNO4/c1-10(22)21-11-6-7-16(20)14(8-11)19(25)15-9-17(23)12-4-2-3-5-13(12)18(15)24/h2-9H,1H3,(H,21,22). The molecule has 1 N–H and O–H groups in total. The Kier molecular flexibility index (Phi) is 4.46. The molecule has 2 aromatic carbocycles. The molecule has 0 saturated carbocycles. The maximum absolute atomic E-state index is 12.8. The Morgan fingerprint density at radius 1 is 1.00 bits per heavy atom. The van der Waals surface area contributed by atoms with Gasteiger partial charge in [-0.15, -0.1) is 0 Å². The lowest BCUT2D eigenvalue weighted by Gasteiger charge is -2.15. The summed E-state index contributed by atoms with van der Waals surface area (Å²) in [5.41, 5.74) is 0.930. The third-order valence-electron chi connectivity index (χ3n) is 3.73. The first-order chi connectivity index (χ1) is 11.9. The number of nitrogens with one attached hydrogen (secondary N) is 1. The number of carbonyl (C=O) groups is 4. The molecule has 0 aromatic heterocycles. The molecule has 0 aliphatic heterocycles. The van der Waals surface area contributed by atoms with Crippen molar-refractivity contribution in [2.75, 3.05) is 5.32 Å². The molecule has 124 valence electrons. The van der Waals surface area contributed by atoms with E-state index in [0.717, 1.165) is 6.08 Å². The van der Waals surface area contributed by atoms with Crippen LogP contribution in [-0.4, -0.2) is 23.3 Å². The SMILES string of the molecule is CC(=O)Nc1ccc(Br)c(C(=O)C2=CC(=O)c3ccccc3C2=O)c1. The fraction of sp³-hybridized carbons (Fsp3) is 0.0526. The van der Waals surface area contributed by atoms with Crippen molar-refractivity contribution < 1.29 is 19.2 Å². The van der Waals surface area contributed by atoms with Crippen molar-refractivity contribution in [3.05, 3.63) is 75.3 Å². The third kappa shape index (κ3) is 3.21. The number of anilines is 1. The molecule has 0 spiro atoms. The number of hydrogen-bond acceptors (Lipinski definition) is 4. The van der Waals surface area contributed by atoms with Crippen LogP contribution in [0.1, 0.15) is 38.0 Å². The summed E-state index contributed by atoms with van der Waals surface area (Å²) in [7, 11) is 0. The highest BCUT2D eigenvalue weighted by Crippen LogP contribution is 2.28. The fourth-order valence-electron chi connectivity index (χ4n) is 2.61. The number of allylic oxidation sites excluding steroid dienone is 2. The van der Waals surface area contributed by atoms with E-state index in [0.29, 0.717) is 10.2 Å². The van der Waals surface area contributed by atoms with E-state index in [9.17, 15) is 19.2 Å². The predicted molar refractivity (Wildman–Crippen MR) is 96.0 cm³/mol. The number of rotatable bonds is 3. The quantitative estimate of drug-likeness (QED) is 0.633. The van der Waals surface area contributed by atoms with Crippen LogP contribution >= 0.6 is 15.9 Å². The first-order valence-corrected chi connectivity index (χ1v) is 8.19. The number of carbonyl (C=O) groups excluding carboxylic acids is 4. The molecule has 1 amide bonds. The van der Waals surface area contributed by atoms with Gasteiger partial charge in [-0.25, -0.2) is 0 Å². The van der Waals surface area contributed by atoms with Crippen LogP contribution in [-0.2, 0) is 4.79 Å². The molecule has 6 heteroatoms. The Balaban J connectivity index is 2.03. The van der Waals surface area contributed by atoms with Crippen molar-refractivity contribution in [2.24, 2.45) is 0 Å². The summed E-state index contributed by atoms with van der Waals surface area (Å²) in [5, 5.41) is 2.58. The van der Waals surface area contributed by atoms with Crippen molar-refractivity contribution >= 4 is 44.9 Å². The van der Waals surface area contributed by atoms with Crippen molar-refractivity contribution in [1.29, 1.82) is 0 Å². The van der Waals surface area contributed by atoms with Crippen molar-refractivity contribution in [3.63, 3.8) is 0 Å². The summed E-state index contributed by atoms with van der Waals surface area (Å²) >= 11 is 3.27. The van der Waals surface area contributed by atoms with Gasteiger partial charge in [-0.3, -0.25) is 19.2 Å². The van der Waals surface area contributed by atoms with Gasteiger partial charge in [0.1, 0.15) is 0 Å². The average molecular weight is 398 g/mol. The minimum atomic E-state index is -0.577. The summed E-state index contributed by atoms with van der Waals surface area (Å²) in [6.45, 7) is 1.35. The molecule has 2 aromatic rings. The molecular formula is C19H12BrNO4. The summed E-state index contributed by atoms with van der Waals surface area (Å²) in [4.78, 5) is 48.9. The molecule has 0 unspecified atom stereocenters. The van der Waals surface area contributed by atoms with E-state index in [1.165, 1.54) is 19.1 Å². The van der Waals surface area contributed by atoms with Gasteiger partial charge in [-0.1, -0.05) is 40.2 Å². The van der Waals surface area contributed by atoms with Crippen molar-refractivity contribution in [2.45, 2.75) is 6.92 Å². The Morgan fingerprint density at radius 3 is 2.36 bits per heavy atom. The summed E-state index contributed by atoms with van der Waals surface area (Å²) in [6, 6.07) is 11.1. The zero-order valence-corrected chi connectivity index (χ0v) is 14.7. The number of amides is 1. The van der Waals surface area contributed by atoms with Crippen LogP contribution in [0.15, 0.2) is 58.6 Å². The molecular weight excluding hydrogens is 386 g/mol. The van der Waals surface area contributed by atoms with Crippen molar-refractivity contribution in [1.82, 2.24) is 0 Å². The van der Waals surface area contributed by atoms with E-state index in [-0.39, 0.29) is 34.0 Å². The van der Waals surface area contributed by atoms with Gasteiger partial charge in [0.05, 0.1) is 5.57 Å². The number of Topliss-reactive ketones (excluding diaryl/α,β-unsaturated/α-hetero) is 2. The predicted octanol–water partition coefficient (Wildman–Crippen LogP) is 3.60. The summed E-state index contributed by atoms with van der Waals surface area (Å²) < 4.78 is 0.464. The van der Waals surface area contributed by atoms with Gasteiger partial charge in [0, 0.05) is 39.9 Å². The lowest BCUT2D eigenvalue weighted by molar-refractivity contribution is -0.114. The number of fused-ring (bicyclic) bond motifs is 1. The lowest BCUT2D eigenvalue weighted by Crippen LogP contribution is -2.22. The largest absolute Gasteiger partial charge is 0.326 e. The lowest BCUT2D eigenvalue weighted by atomic mass is 9.86. The second-order valence-corrected chi connectivity index (χ2v) is 6.36. The maximum Gasteiger partial charge on any atom is 0.221 e. The van der Waals surface area contributed by atoms with Gasteiger partial charge in [-0.2, -0.15) is 0 Å². The van der Waals surface area contributed by atoms with Crippen LogP contribution < -0.4 is 5.32 Å². The molecule has 0 heterocycles. The van der Waals surface area contributed by atoms with Gasteiger partial charge < -0.3 is 5.32 Å². The Morgan fingerprint density at radius 2 is 1.68 bits per heavy atom. The van der Waals surface area contributed by atoms with E-state index in [1.54, 1.807) is 30.3 Å². The molecule has 0 atom stereocenters. The zero-order chi connectivity index (χ0) is 18.1. The van der Waals surface area contributed by atoms with Crippen LogP contribution in [0, 0.1) is 0 Å². The number of hydrogen-bond donors (Lipinski definition) is 1. The van der Waals surface area contributed by atoms with E-state index in [2.05, 4.69) is 21.2 Å². The highest BCUT2D eigenvalue weighted by atomic mass is 79.9. The smallest absolute Gasteiger partial charge is 0.221 e. The highest BCUT2D eigenvalue weighted by molar-refractivity contribution is 9.10. The second kappa shape index (κ2) is 6.57. The molecule has 3 rings (SSSR count). The molecule has 1 aliphatic carbocycles. The maximum atomic E-state index is 12.8. The number of ketones is 3. The highest BCUT2D eigenvalue weighted by Gasteiger charge is 2.30. The molecule has 5 nitrogen and oxygen atoms in total. The second-order valence-electron chi connectivity index (χ2n) is 5.50. The number of benzene rings is 2. The van der Waals surface area contributed by atoms with E-state index < -0.39 is 11.6 Å². The normalized spacial score (nSPS) is 13.1. The van der Waals surface area contributed by atoms with E-state index >= 15 is 0 Å². The minimum absolute atomic E-state index is 0.190. The monoisotopic (exact) mass is 397 g/mol. The molecule has 0 radical (unpaired) electrons. The average Bonchev–Trinajstić information content (AvgIpc) is 2.59. The first-order valence-electron chi connectivity index (χ1n) is 7.40. The molecule has 1 aliphatic rings. The zero-order valence-electron chi connectivity index (χ0n) is 13.1. The number of halogens is 1. The molecule has 0 bridgehead atoms. The van der Waals surface area contributed by atoms with Gasteiger partial charge >= 0.3 is 0 Å². The summed E-state index contributed by atoms with van der Waals surface area (Å²) in [5.74, 6) is -1.73. The third-order valence-corrected chi connectivity index (χ3v) is 4.42. The fourth-order valence-corrected chi connectivity index (χ4v) is 3.04.